The van der Waals surface area contributed by atoms with E-state index in [9.17, 15) is 4.79 Å². The molecule has 1 fully saturated rings. The van der Waals surface area contributed by atoms with Gasteiger partial charge in [0.25, 0.3) is 0 Å². The number of carbonyl (C=O) groups is 1. The van der Waals surface area contributed by atoms with Crippen molar-refractivity contribution in [1.29, 1.82) is 0 Å². The van der Waals surface area contributed by atoms with Crippen LogP contribution in [0.5, 0.6) is 0 Å². The van der Waals surface area contributed by atoms with E-state index in [0.29, 0.717) is 11.7 Å². The number of carbonyl (C=O) groups excluding carboxylic acids is 1. The summed E-state index contributed by atoms with van der Waals surface area (Å²) >= 11 is 1.49. The first kappa shape index (κ1) is 12.9. The van der Waals surface area contributed by atoms with Crippen LogP contribution in [0, 0.1) is 0 Å². The van der Waals surface area contributed by atoms with Gasteiger partial charge in [-0.1, -0.05) is 11.8 Å². The van der Waals surface area contributed by atoms with Crippen molar-refractivity contribution >= 4 is 29.3 Å². The first-order chi connectivity index (χ1) is 8.72. The largest absolute Gasteiger partial charge is 0.373 e. The SMILES string of the molecule is CNc1cc(N2CCCNC(=O)C2)nc(SC)n1. The van der Waals surface area contributed by atoms with Crippen molar-refractivity contribution in [2.75, 3.05) is 43.2 Å². The second-order valence-corrected chi connectivity index (χ2v) is 4.75. The normalized spacial score (nSPS) is 16.1. The second kappa shape index (κ2) is 5.90. The minimum Gasteiger partial charge on any atom is -0.373 e. The predicted octanol–water partition coefficient (Wildman–Crippen LogP) is 0.566. The van der Waals surface area contributed by atoms with Crippen LogP contribution in [0.3, 0.4) is 0 Å². The lowest BCUT2D eigenvalue weighted by Crippen LogP contribution is -2.33. The standard InChI is InChI=1S/C11H17N5OS/c1-12-8-6-9(15-11(14-8)18-2)16-5-3-4-13-10(17)7-16/h6H,3-5,7H2,1-2H3,(H,13,17)(H,12,14,15). The van der Waals surface area contributed by atoms with Crippen molar-refractivity contribution in [3.8, 4) is 0 Å². The molecule has 1 aromatic heterocycles. The van der Waals surface area contributed by atoms with Gasteiger partial charge in [-0.2, -0.15) is 0 Å². The van der Waals surface area contributed by atoms with Crippen LogP contribution in [-0.4, -0.2) is 48.8 Å². The topological polar surface area (TPSA) is 70.2 Å². The zero-order valence-corrected chi connectivity index (χ0v) is 11.4. The molecule has 1 saturated heterocycles. The Balaban J connectivity index is 2.27. The second-order valence-electron chi connectivity index (χ2n) is 3.97. The van der Waals surface area contributed by atoms with E-state index in [1.165, 1.54) is 11.8 Å². The summed E-state index contributed by atoms with van der Waals surface area (Å²) in [4.78, 5) is 22.3. The summed E-state index contributed by atoms with van der Waals surface area (Å²) in [6, 6.07) is 1.87. The molecule has 2 heterocycles. The van der Waals surface area contributed by atoms with Gasteiger partial charge < -0.3 is 15.5 Å². The van der Waals surface area contributed by atoms with Gasteiger partial charge in [-0.3, -0.25) is 4.79 Å². The van der Waals surface area contributed by atoms with E-state index in [1.807, 2.05) is 24.3 Å². The van der Waals surface area contributed by atoms with Crippen molar-refractivity contribution < 1.29 is 4.79 Å². The van der Waals surface area contributed by atoms with Gasteiger partial charge in [0, 0.05) is 26.2 Å². The van der Waals surface area contributed by atoms with E-state index in [4.69, 9.17) is 0 Å². The van der Waals surface area contributed by atoms with E-state index < -0.39 is 0 Å². The van der Waals surface area contributed by atoms with Crippen molar-refractivity contribution in [1.82, 2.24) is 15.3 Å². The Kier molecular flexibility index (Phi) is 4.24. The van der Waals surface area contributed by atoms with Crippen molar-refractivity contribution in [2.45, 2.75) is 11.6 Å². The third-order valence-electron chi connectivity index (χ3n) is 2.72. The molecule has 0 aliphatic carbocycles. The highest BCUT2D eigenvalue weighted by atomic mass is 32.2. The summed E-state index contributed by atoms with van der Waals surface area (Å²) in [6.45, 7) is 1.91. The van der Waals surface area contributed by atoms with E-state index >= 15 is 0 Å². The Morgan fingerprint density at radius 3 is 3.06 bits per heavy atom. The molecule has 2 rings (SSSR count). The van der Waals surface area contributed by atoms with Crippen LogP contribution in [-0.2, 0) is 4.79 Å². The molecule has 0 bridgehead atoms. The predicted molar refractivity (Wildman–Crippen MR) is 73.2 cm³/mol. The maximum Gasteiger partial charge on any atom is 0.239 e. The Hall–Kier alpha value is -1.50. The number of nitrogens with zero attached hydrogens (tertiary/aromatic N) is 3. The Labute approximate surface area is 111 Å². The molecular weight excluding hydrogens is 250 g/mol. The average Bonchev–Trinajstić information content (AvgIpc) is 2.62. The van der Waals surface area contributed by atoms with Crippen molar-refractivity contribution in [2.24, 2.45) is 0 Å². The van der Waals surface area contributed by atoms with E-state index in [-0.39, 0.29) is 5.91 Å². The lowest BCUT2D eigenvalue weighted by atomic mass is 10.4. The van der Waals surface area contributed by atoms with E-state index in [0.717, 1.165) is 31.1 Å². The third kappa shape index (κ3) is 3.04. The quantitative estimate of drug-likeness (QED) is 0.616. The molecule has 0 aromatic carbocycles. The zero-order chi connectivity index (χ0) is 13.0. The Morgan fingerprint density at radius 1 is 1.50 bits per heavy atom. The van der Waals surface area contributed by atoms with Crippen LogP contribution < -0.4 is 15.5 Å². The van der Waals surface area contributed by atoms with Gasteiger partial charge in [-0.25, -0.2) is 9.97 Å². The van der Waals surface area contributed by atoms with Gasteiger partial charge in [0.2, 0.25) is 5.91 Å². The smallest absolute Gasteiger partial charge is 0.239 e. The average molecular weight is 267 g/mol. The number of amides is 1. The molecule has 0 saturated carbocycles. The number of anilines is 2. The number of rotatable bonds is 3. The molecule has 1 aromatic rings. The molecule has 2 N–H and O–H groups in total. The number of nitrogens with one attached hydrogen (secondary N) is 2. The van der Waals surface area contributed by atoms with E-state index in [1.54, 1.807) is 0 Å². The summed E-state index contributed by atoms with van der Waals surface area (Å²) in [5.74, 6) is 1.62. The van der Waals surface area contributed by atoms with Gasteiger partial charge in [0.1, 0.15) is 11.6 Å². The van der Waals surface area contributed by atoms with E-state index in [2.05, 4.69) is 20.6 Å². The number of hydrogen-bond donors (Lipinski definition) is 2. The molecule has 0 unspecified atom stereocenters. The van der Waals surface area contributed by atoms with Crippen LogP contribution in [0.15, 0.2) is 11.2 Å². The summed E-state index contributed by atoms with van der Waals surface area (Å²) in [5, 5.41) is 6.58. The number of thioether (sulfide) groups is 1. The first-order valence-electron chi connectivity index (χ1n) is 5.85. The van der Waals surface area contributed by atoms with Gasteiger partial charge in [-0.15, -0.1) is 0 Å². The summed E-state index contributed by atoms with van der Waals surface area (Å²) < 4.78 is 0. The highest BCUT2D eigenvalue weighted by Gasteiger charge is 2.17. The minimum absolute atomic E-state index is 0.0443. The summed E-state index contributed by atoms with van der Waals surface area (Å²) in [7, 11) is 1.82. The van der Waals surface area contributed by atoms with Crippen LogP contribution in [0.1, 0.15) is 6.42 Å². The molecule has 98 valence electrons. The fraction of sp³-hybridized carbons (Fsp3) is 0.545. The van der Waals surface area contributed by atoms with Crippen molar-refractivity contribution in [3.63, 3.8) is 0 Å². The summed E-state index contributed by atoms with van der Waals surface area (Å²) in [6.07, 6.45) is 2.87. The van der Waals surface area contributed by atoms with Gasteiger partial charge in [-0.05, 0) is 12.7 Å². The van der Waals surface area contributed by atoms with Crippen LogP contribution in [0.2, 0.25) is 0 Å². The highest BCUT2D eigenvalue weighted by molar-refractivity contribution is 7.98. The zero-order valence-electron chi connectivity index (χ0n) is 10.6. The van der Waals surface area contributed by atoms with Crippen LogP contribution in [0.25, 0.3) is 0 Å². The molecule has 1 aliphatic rings. The van der Waals surface area contributed by atoms with Gasteiger partial charge in [0.05, 0.1) is 6.54 Å². The molecule has 18 heavy (non-hydrogen) atoms. The van der Waals surface area contributed by atoms with Crippen LogP contribution in [0.4, 0.5) is 11.6 Å². The minimum atomic E-state index is 0.0443. The number of aromatic nitrogens is 2. The maximum atomic E-state index is 11.6. The molecule has 0 spiro atoms. The molecule has 0 atom stereocenters. The molecule has 6 nitrogen and oxygen atoms in total. The maximum absolute atomic E-state index is 11.6. The number of hydrogen-bond acceptors (Lipinski definition) is 6. The third-order valence-corrected chi connectivity index (χ3v) is 3.26. The van der Waals surface area contributed by atoms with Gasteiger partial charge in [0.15, 0.2) is 5.16 Å². The Bertz CT molecular complexity index is 417. The highest BCUT2D eigenvalue weighted by Crippen LogP contribution is 2.20. The first-order valence-corrected chi connectivity index (χ1v) is 7.08. The lowest BCUT2D eigenvalue weighted by Gasteiger charge is -2.20. The molecular formula is C11H17N5OS. The fourth-order valence-corrected chi connectivity index (χ4v) is 2.17. The summed E-state index contributed by atoms with van der Waals surface area (Å²) in [5.41, 5.74) is 0. The molecule has 0 radical (unpaired) electrons. The fourth-order valence-electron chi connectivity index (χ4n) is 1.80. The molecule has 1 amide bonds. The van der Waals surface area contributed by atoms with Crippen molar-refractivity contribution in [3.05, 3.63) is 6.07 Å². The monoisotopic (exact) mass is 267 g/mol. The lowest BCUT2D eigenvalue weighted by molar-refractivity contribution is -0.119. The Morgan fingerprint density at radius 2 is 2.33 bits per heavy atom. The van der Waals surface area contributed by atoms with Gasteiger partial charge >= 0.3 is 0 Å². The molecule has 7 heteroatoms. The van der Waals surface area contributed by atoms with Crippen LogP contribution >= 0.6 is 11.8 Å². The molecule has 1 aliphatic heterocycles.